The summed E-state index contributed by atoms with van der Waals surface area (Å²) in [5.41, 5.74) is 10.1. The Morgan fingerprint density at radius 3 is 2.75 bits per heavy atom. The second kappa shape index (κ2) is 7.08. The van der Waals surface area contributed by atoms with Gasteiger partial charge in [0.15, 0.2) is 0 Å². The van der Waals surface area contributed by atoms with Crippen molar-refractivity contribution in [2.45, 2.75) is 19.4 Å². The summed E-state index contributed by atoms with van der Waals surface area (Å²) in [6.45, 7) is 1.76. The van der Waals surface area contributed by atoms with Gasteiger partial charge in [-0.05, 0) is 24.6 Å². The van der Waals surface area contributed by atoms with Crippen molar-refractivity contribution >= 4 is 23.2 Å². The van der Waals surface area contributed by atoms with Crippen LogP contribution in [0.15, 0.2) is 23.6 Å². The number of nitrogens with one attached hydrogen (secondary N) is 1. The fourth-order valence-corrected chi connectivity index (χ4v) is 4.06. The van der Waals surface area contributed by atoms with E-state index in [4.69, 9.17) is 15.2 Å². The monoisotopic (exact) mass is 397 g/mol. The first-order valence-corrected chi connectivity index (χ1v) is 9.49. The Morgan fingerprint density at radius 2 is 2.04 bits per heavy atom. The molecule has 3 aromatic rings. The standard InChI is InChI=1S/C19H19N5O3S/c1-9-16-14(23-18(20)21-9)7-13(22-17(16)25)11-5-4-10(26-2)6-12(11)15-8-28-19(24-15)27-3/h4-6,8,13H,7H2,1-3H3,(H,22,25)(H2,20,21,23)/t13-/m1/s1. The summed E-state index contributed by atoms with van der Waals surface area (Å²) in [7, 11) is 3.20. The molecule has 4 rings (SSSR count). The molecule has 0 radical (unpaired) electrons. The van der Waals surface area contributed by atoms with Crippen LogP contribution in [0.4, 0.5) is 5.95 Å². The van der Waals surface area contributed by atoms with Gasteiger partial charge >= 0.3 is 0 Å². The zero-order valence-corrected chi connectivity index (χ0v) is 16.5. The number of amides is 1. The van der Waals surface area contributed by atoms with E-state index < -0.39 is 0 Å². The van der Waals surface area contributed by atoms with Crippen LogP contribution >= 0.6 is 11.3 Å². The highest BCUT2D eigenvalue weighted by atomic mass is 32.1. The van der Waals surface area contributed by atoms with E-state index in [2.05, 4.69) is 20.3 Å². The maximum atomic E-state index is 12.7. The van der Waals surface area contributed by atoms with Crippen molar-refractivity contribution in [2.24, 2.45) is 0 Å². The smallest absolute Gasteiger partial charge is 0.273 e. The van der Waals surface area contributed by atoms with Gasteiger partial charge < -0.3 is 20.5 Å². The number of anilines is 1. The number of nitrogen functional groups attached to an aromatic ring is 1. The van der Waals surface area contributed by atoms with Gasteiger partial charge in [0.1, 0.15) is 5.75 Å². The molecule has 0 saturated carbocycles. The lowest BCUT2D eigenvalue weighted by atomic mass is 9.90. The van der Waals surface area contributed by atoms with E-state index in [1.165, 1.54) is 11.3 Å². The number of aromatic nitrogens is 3. The molecule has 2 aromatic heterocycles. The van der Waals surface area contributed by atoms with E-state index in [-0.39, 0.29) is 17.9 Å². The highest BCUT2D eigenvalue weighted by Gasteiger charge is 2.30. The van der Waals surface area contributed by atoms with Gasteiger partial charge in [-0.2, -0.15) is 0 Å². The number of ether oxygens (including phenoxy) is 2. The molecule has 1 amide bonds. The fourth-order valence-electron chi connectivity index (χ4n) is 3.42. The number of aryl methyl sites for hydroxylation is 1. The van der Waals surface area contributed by atoms with Gasteiger partial charge in [0.25, 0.3) is 11.1 Å². The summed E-state index contributed by atoms with van der Waals surface area (Å²) in [5.74, 6) is 0.668. The van der Waals surface area contributed by atoms with E-state index >= 15 is 0 Å². The van der Waals surface area contributed by atoms with Crippen LogP contribution in [0.5, 0.6) is 10.9 Å². The molecule has 1 aliphatic heterocycles. The molecule has 1 aliphatic rings. The lowest BCUT2D eigenvalue weighted by Gasteiger charge is -2.27. The molecular formula is C19H19N5O3S. The lowest BCUT2D eigenvalue weighted by molar-refractivity contribution is 0.0922. The lowest BCUT2D eigenvalue weighted by Crippen LogP contribution is -2.37. The van der Waals surface area contributed by atoms with Gasteiger partial charge in [-0.1, -0.05) is 17.4 Å². The molecule has 0 fully saturated rings. The minimum Gasteiger partial charge on any atom is -0.497 e. The van der Waals surface area contributed by atoms with Crippen molar-refractivity contribution in [2.75, 3.05) is 20.0 Å². The van der Waals surface area contributed by atoms with Gasteiger partial charge in [-0.15, -0.1) is 0 Å². The van der Waals surface area contributed by atoms with Crippen molar-refractivity contribution in [1.82, 2.24) is 20.3 Å². The highest BCUT2D eigenvalue weighted by molar-refractivity contribution is 7.11. The Balaban J connectivity index is 1.80. The van der Waals surface area contributed by atoms with Gasteiger partial charge in [-0.3, -0.25) is 4.79 Å². The number of thiazole rings is 1. The minimum atomic E-state index is -0.276. The van der Waals surface area contributed by atoms with Crippen molar-refractivity contribution in [1.29, 1.82) is 0 Å². The maximum absolute atomic E-state index is 12.7. The van der Waals surface area contributed by atoms with Crippen molar-refractivity contribution in [3.63, 3.8) is 0 Å². The molecule has 0 unspecified atom stereocenters. The van der Waals surface area contributed by atoms with Crippen LogP contribution in [0, 0.1) is 6.92 Å². The number of benzene rings is 1. The number of carbonyl (C=O) groups is 1. The van der Waals surface area contributed by atoms with E-state index in [0.717, 1.165) is 16.8 Å². The van der Waals surface area contributed by atoms with Crippen LogP contribution in [0.25, 0.3) is 11.3 Å². The third-order valence-corrected chi connectivity index (χ3v) is 5.48. The number of hydrogen-bond acceptors (Lipinski definition) is 8. The van der Waals surface area contributed by atoms with Crippen LogP contribution in [-0.4, -0.2) is 35.1 Å². The van der Waals surface area contributed by atoms with Crippen LogP contribution < -0.4 is 20.5 Å². The predicted molar refractivity (Wildman–Crippen MR) is 106 cm³/mol. The molecule has 0 saturated heterocycles. The fraction of sp³-hybridized carbons (Fsp3) is 0.263. The number of hydrogen-bond donors (Lipinski definition) is 2. The summed E-state index contributed by atoms with van der Waals surface area (Å²) in [4.78, 5) is 25.6. The van der Waals surface area contributed by atoms with Gasteiger partial charge in [0.05, 0.1) is 42.9 Å². The van der Waals surface area contributed by atoms with Crippen LogP contribution in [0.1, 0.15) is 33.4 Å². The average molecular weight is 397 g/mol. The van der Waals surface area contributed by atoms with E-state index in [1.54, 1.807) is 21.1 Å². The van der Waals surface area contributed by atoms with E-state index in [1.807, 2.05) is 23.6 Å². The van der Waals surface area contributed by atoms with Crippen molar-refractivity contribution < 1.29 is 14.3 Å². The Labute approximate surface area is 165 Å². The first-order valence-electron chi connectivity index (χ1n) is 8.61. The Kier molecular flexibility index (Phi) is 4.60. The molecule has 8 nitrogen and oxygen atoms in total. The van der Waals surface area contributed by atoms with Gasteiger partial charge in [-0.25, -0.2) is 15.0 Å². The first kappa shape index (κ1) is 18.2. The van der Waals surface area contributed by atoms with Crippen LogP contribution in [-0.2, 0) is 6.42 Å². The molecule has 1 atom stereocenters. The summed E-state index contributed by atoms with van der Waals surface area (Å²) >= 11 is 1.41. The second-order valence-electron chi connectivity index (χ2n) is 6.38. The van der Waals surface area contributed by atoms with Crippen LogP contribution in [0.2, 0.25) is 0 Å². The number of rotatable bonds is 4. The van der Waals surface area contributed by atoms with Gasteiger partial charge in [0.2, 0.25) is 5.95 Å². The number of fused-ring (bicyclic) bond motifs is 1. The number of methoxy groups -OCH3 is 2. The topological polar surface area (TPSA) is 112 Å². The van der Waals surface area contributed by atoms with Crippen LogP contribution in [0.3, 0.4) is 0 Å². The average Bonchev–Trinajstić information content (AvgIpc) is 3.15. The summed E-state index contributed by atoms with van der Waals surface area (Å²) in [6.07, 6.45) is 0.509. The third-order valence-electron chi connectivity index (χ3n) is 4.68. The Bertz CT molecular complexity index is 1070. The SMILES string of the molecule is COc1ccc([C@H]2Cc3nc(N)nc(C)c3C(=O)N2)c(-c2csc(OC)n2)c1. The number of nitrogens with two attached hydrogens (primary N) is 1. The molecule has 9 heteroatoms. The maximum Gasteiger partial charge on any atom is 0.273 e. The summed E-state index contributed by atoms with van der Waals surface area (Å²) in [5, 5.41) is 5.55. The Hall–Kier alpha value is -3.20. The molecule has 3 N–H and O–H groups in total. The van der Waals surface area contributed by atoms with Crippen molar-refractivity contribution in [3.05, 3.63) is 46.1 Å². The second-order valence-corrected chi connectivity index (χ2v) is 7.20. The first-order chi connectivity index (χ1) is 13.5. The van der Waals surface area contributed by atoms with E-state index in [0.29, 0.717) is 34.3 Å². The molecule has 144 valence electrons. The summed E-state index contributed by atoms with van der Waals surface area (Å²) < 4.78 is 10.6. The minimum absolute atomic E-state index is 0.170. The van der Waals surface area contributed by atoms with Crippen molar-refractivity contribution in [3.8, 4) is 22.2 Å². The van der Waals surface area contributed by atoms with Gasteiger partial charge in [0, 0.05) is 17.4 Å². The molecule has 0 spiro atoms. The zero-order chi connectivity index (χ0) is 19.8. The van der Waals surface area contributed by atoms with E-state index in [9.17, 15) is 4.79 Å². The summed E-state index contributed by atoms with van der Waals surface area (Å²) in [6, 6.07) is 5.43. The highest BCUT2D eigenvalue weighted by Crippen LogP contribution is 2.37. The normalized spacial score (nSPS) is 15.7. The number of carbonyl (C=O) groups excluding carboxylic acids is 1. The molecule has 28 heavy (non-hydrogen) atoms. The predicted octanol–water partition coefficient (Wildman–Crippen LogP) is 2.54. The largest absolute Gasteiger partial charge is 0.497 e. The molecule has 0 bridgehead atoms. The molecule has 0 aliphatic carbocycles. The molecule has 1 aromatic carbocycles. The molecule has 3 heterocycles. The third kappa shape index (κ3) is 3.13. The zero-order valence-electron chi connectivity index (χ0n) is 15.6. The Morgan fingerprint density at radius 1 is 1.21 bits per heavy atom. The molecular weight excluding hydrogens is 378 g/mol. The quantitative estimate of drug-likeness (QED) is 0.696. The number of nitrogens with zero attached hydrogens (tertiary/aromatic N) is 3.